The number of hydrogen-bond donors (Lipinski definition) is 3. The van der Waals surface area contributed by atoms with Crippen molar-refractivity contribution >= 4 is 0 Å². The summed E-state index contributed by atoms with van der Waals surface area (Å²) in [5, 5.41) is 23.0. The van der Waals surface area contributed by atoms with Crippen LogP contribution < -0.4 is 5.32 Å². The van der Waals surface area contributed by atoms with Gasteiger partial charge in [0.2, 0.25) is 0 Å². The SMILES string of the molecule is CCN(C1CCCNC1)C(C)c1cc(O)ccc1O. The number of hydrogen-bond acceptors (Lipinski definition) is 4. The molecule has 0 aliphatic carbocycles. The molecule has 1 heterocycles. The lowest BCUT2D eigenvalue weighted by molar-refractivity contribution is 0.126. The average Bonchev–Trinajstić information content (AvgIpc) is 2.43. The highest BCUT2D eigenvalue weighted by Crippen LogP contribution is 2.33. The number of piperidine rings is 1. The van der Waals surface area contributed by atoms with Crippen LogP contribution in [-0.4, -0.2) is 40.8 Å². The van der Waals surface area contributed by atoms with Crippen LogP contribution in [0.25, 0.3) is 0 Å². The number of nitrogens with zero attached hydrogens (tertiary/aromatic N) is 1. The second-order valence-electron chi connectivity index (χ2n) is 5.25. The maximum absolute atomic E-state index is 9.99. The quantitative estimate of drug-likeness (QED) is 0.730. The molecule has 1 aromatic carbocycles. The molecule has 1 aliphatic rings. The molecule has 0 aromatic heterocycles. The Labute approximate surface area is 115 Å². The largest absolute Gasteiger partial charge is 0.508 e. The maximum atomic E-state index is 9.99. The Kier molecular flexibility index (Phi) is 4.66. The molecule has 106 valence electrons. The second-order valence-corrected chi connectivity index (χ2v) is 5.25. The van der Waals surface area contributed by atoms with Gasteiger partial charge in [-0.1, -0.05) is 6.92 Å². The minimum atomic E-state index is 0.0991. The van der Waals surface area contributed by atoms with E-state index in [4.69, 9.17) is 0 Å². The van der Waals surface area contributed by atoms with E-state index >= 15 is 0 Å². The summed E-state index contributed by atoms with van der Waals surface area (Å²) in [6.07, 6.45) is 2.38. The van der Waals surface area contributed by atoms with E-state index in [1.54, 1.807) is 12.1 Å². The third-order valence-electron chi connectivity index (χ3n) is 4.06. The summed E-state index contributed by atoms with van der Waals surface area (Å²) in [5.41, 5.74) is 0.799. The van der Waals surface area contributed by atoms with Crippen LogP contribution in [0.2, 0.25) is 0 Å². The van der Waals surface area contributed by atoms with Gasteiger partial charge in [0, 0.05) is 24.2 Å². The summed E-state index contributed by atoms with van der Waals surface area (Å²) in [7, 11) is 0. The standard InChI is InChI=1S/C15H24N2O2/c1-3-17(12-5-4-8-16-10-12)11(2)14-9-13(18)6-7-15(14)19/h6-7,9,11-12,16,18-19H,3-5,8,10H2,1-2H3. The Balaban J connectivity index is 2.19. The molecule has 1 aliphatic heterocycles. The van der Waals surface area contributed by atoms with Crippen LogP contribution in [0, 0.1) is 0 Å². The van der Waals surface area contributed by atoms with Crippen LogP contribution in [0.15, 0.2) is 18.2 Å². The van der Waals surface area contributed by atoms with E-state index in [9.17, 15) is 10.2 Å². The van der Waals surface area contributed by atoms with Crippen LogP contribution in [0.4, 0.5) is 0 Å². The Hall–Kier alpha value is -1.26. The first-order valence-corrected chi connectivity index (χ1v) is 7.11. The fraction of sp³-hybridized carbons (Fsp3) is 0.600. The predicted octanol–water partition coefficient (Wildman–Crippen LogP) is 2.23. The summed E-state index contributed by atoms with van der Waals surface area (Å²) >= 11 is 0. The average molecular weight is 264 g/mol. The second kappa shape index (κ2) is 6.26. The lowest BCUT2D eigenvalue weighted by atomic mass is 9.99. The maximum Gasteiger partial charge on any atom is 0.120 e. The van der Waals surface area contributed by atoms with Crippen LogP contribution >= 0.6 is 0 Å². The van der Waals surface area contributed by atoms with Gasteiger partial charge in [-0.05, 0) is 51.1 Å². The lowest BCUT2D eigenvalue weighted by Gasteiger charge is -2.38. The van der Waals surface area contributed by atoms with Crippen molar-refractivity contribution in [1.82, 2.24) is 10.2 Å². The number of aromatic hydroxyl groups is 2. The first-order valence-electron chi connectivity index (χ1n) is 7.11. The summed E-state index contributed by atoms with van der Waals surface area (Å²) in [5.74, 6) is 0.463. The zero-order valence-corrected chi connectivity index (χ0v) is 11.8. The highest BCUT2D eigenvalue weighted by Gasteiger charge is 2.26. The normalized spacial score (nSPS) is 21.5. The summed E-state index contributed by atoms with van der Waals surface area (Å²) in [4.78, 5) is 2.39. The van der Waals surface area contributed by atoms with E-state index in [2.05, 4.69) is 24.1 Å². The highest BCUT2D eigenvalue weighted by molar-refractivity contribution is 5.40. The van der Waals surface area contributed by atoms with Crippen LogP contribution in [-0.2, 0) is 0 Å². The number of rotatable bonds is 4. The van der Waals surface area contributed by atoms with Crippen molar-refractivity contribution in [1.29, 1.82) is 0 Å². The first kappa shape index (κ1) is 14.2. The van der Waals surface area contributed by atoms with Crippen molar-refractivity contribution in [3.8, 4) is 11.5 Å². The first-order chi connectivity index (χ1) is 9.13. The predicted molar refractivity (Wildman–Crippen MR) is 76.5 cm³/mol. The van der Waals surface area contributed by atoms with Gasteiger partial charge in [0.25, 0.3) is 0 Å². The van der Waals surface area contributed by atoms with E-state index in [1.165, 1.54) is 18.9 Å². The minimum Gasteiger partial charge on any atom is -0.508 e. The van der Waals surface area contributed by atoms with Crippen LogP contribution in [0.1, 0.15) is 38.3 Å². The molecule has 1 aromatic rings. The van der Waals surface area contributed by atoms with Gasteiger partial charge in [-0.25, -0.2) is 0 Å². The van der Waals surface area contributed by atoms with Gasteiger partial charge in [-0.15, -0.1) is 0 Å². The minimum absolute atomic E-state index is 0.0991. The molecule has 2 unspecified atom stereocenters. The molecule has 2 atom stereocenters. The van der Waals surface area contributed by atoms with Gasteiger partial charge < -0.3 is 15.5 Å². The molecule has 1 fully saturated rings. The van der Waals surface area contributed by atoms with Gasteiger partial charge in [0.1, 0.15) is 11.5 Å². The summed E-state index contributed by atoms with van der Waals surface area (Å²) < 4.78 is 0. The van der Waals surface area contributed by atoms with Crippen molar-refractivity contribution < 1.29 is 10.2 Å². The molecular weight excluding hydrogens is 240 g/mol. The summed E-state index contributed by atoms with van der Waals surface area (Å²) in [6.45, 7) is 7.26. The lowest BCUT2D eigenvalue weighted by Crippen LogP contribution is -2.46. The smallest absolute Gasteiger partial charge is 0.120 e. The Bertz CT molecular complexity index is 417. The van der Waals surface area contributed by atoms with E-state index in [1.807, 2.05) is 0 Å². The number of benzene rings is 1. The molecular formula is C15H24N2O2. The van der Waals surface area contributed by atoms with Gasteiger partial charge in [0.15, 0.2) is 0 Å². The Morgan fingerprint density at radius 2 is 2.21 bits per heavy atom. The van der Waals surface area contributed by atoms with Crippen molar-refractivity contribution in [2.45, 2.75) is 38.8 Å². The number of nitrogens with one attached hydrogen (secondary N) is 1. The zero-order chi connectivity index (χ0) is 13.8. The molecule has 0 amide bonds. The molecule has 3 N–H and O–H groups in total. The Morgan fingerprint density at radius 1 is 1.42 bits per heavy atom. The third-order valence-corrected chi connectivity index (χ3v) is 4.06. The van der Waals surface area contributed by atoms with E-state index in [0.717, 1.165) is 25.2 Å². The van der Waals surface area contributed by atoms with Crippen molar-refractivity contribution in [2.75, 3.05) is 19.6 Å². The van der Waals surface area contributed by atoms with Crippen molar-refractivity contribution in [3.05, 3.63) is 23.8 Å². The van der Waals surface area contributed by atoms with Crippen molar-refractivity contribution in [2.24, 2.45) is 0 Å². The highest BCUT2D eigenvalue weighted by atomic mass is 16.3. The van der Waals surface area contributed by atoms with Crippen LogP contribution in [0.3, 0.4) is 0 Å². The molecule has 0 bridgehead atoms. The van der Waals surface area contributed by atoms with E-state index < -0.39 is 0 Å². The fourth-order valence-electron chi connectivity index (χ4n) is 3.02. The van der Waals surface area contributed by atoms with Gasteiger partial charge in [-0.2, -0.15) is 0 Å². The van der Waals surface area contributed by atoms with Gasteiger partial charge in [0.05, 0.1) is 0 Å². The molecule has 0 radical (unpaired) electrons. The molecule has 19 heavy (non-hydrogen) atoms. The summed E-state index contributed by atoms with van der Waals surface area (Å²) in [6, 6.07) is 5.34. The van der Waals surface area contributed by atoms with E-state index in [-0.39, 0.29) is 17.5 Å². The molecule has 0 spiro atoms. The Morgan fingerprint density at radius 3 is 2.84 bits per heavy atom. The third kappa shape index (κ3) is 3.19. The molecule has 0 saturated carbocycles. The number of likely N-dealkylation sites (N-methyl/N-ethyl adjacent to an activating group) is 1. The molecule has 2 rings (SSSR count). The molecule has 4 nitrogen and oxygen atoms in total. The fourth-order valence-corrected chi connectivity index (χ4v) is 3.02. The molecule has 1 saturated heterocycles. The van der Waals surface area contributed by atoms with Crippen LogP contribution in [0.5, 0.6) is 11.5 Å². The number of phenolic OH excluding ortho intramolecular Hbond substituents is 2. The van der Waals surface area contributed by atoms with Gasteiger partial charge >= 0.3 is 0 Å². The zero-order valence-electron chi connectivity index (χ0n) is 11.8. The van der Waals surface area contributed by atoms with Crippen molar-refractivity contribution in [3.63, 3.8) is 0 Å². The number of phenols is 2. The van der Waals surface area contributed by atoms with Gasteiger partial charge in [-0.3, -0.25) is 4.90 Å². The monoisotopic (exact) mass is 264 g/mol. The molecule has 4 heteroatoms. The van der Waals surface area contributed by atoms with E-state index in [0.29, 0.717) is 6.04 Å². The topological polar surface area (TPSA) is 55.7 Å².